The largest absolute Gasteiger partial charge is 0.444 e. The molecule has 1 aromatic heterocycles. The van der Waals surface area contributed by atoms with Crippen molar-refractivity contribution in [3.8, 4) is 0 Å². The van der Waals surface area contributed by atoms with Crippen molar-refractivity contribution in [2.45, 2.75) is 45.8 Å². The summed E-state index contributed by atoms with van der Waals surface area (Å²) >= 11 is 9.24. The number of aromatic nitrogens is 1. The maximum Gasteiger partial charge on any atom is 0.410 e. The first kappa shape index (κ1) is 18.3. The maximum atomic E-state index is 12.1. The van der Waals surface area contributed by atoms with Gasteiger partial charge < -0.3 is 14.2 Å². The lowest BCUT2D eigenvalue weighted by Crippen LogP contribution is -2.42. The van der Waals surface area contributed by atoms with Crippen molar-refractivity contribution < 1.29 is 9.53 Å². The summed E-state index contributed by atoms with van der Waals surface area (Å²) in [5.41, 5.74) is -0.558. The van der Waals surface area contributed by atoms with E-state index >= 15 is 0 Å². The Labute approximate surface area is 149 Å². The highest BCUT2D eigenvalue weighted by atomic mass is 79.9. The van der Waals surface area contributed by atoms with E-state index in [1.165, 1.54) is 0 Å². The number of carbonyl (C=O) groups excluding carboxylic acids is 1. The average molecular weight is 406 g/mol. The van der Waals surface area contributed by atoms with Crippen LogP contribution in [0.5, 0.6) is 0 Å². The smallest absolute Gasteiger partial charge is 0.410 e. The van der Waals surface area contributed by atoms with Crippen molar-refractivity contribution in [1.82, 2.24) is 9.47 Å². The highest BCUT2D eigenvalue weighted by Gasteiger charge is 2.27. The molecule has 0 unspecified atom stereocenters. The van der Waals surface area contributed by atoms with Crippen LogP contribution in [0.15, 0.2) is 21.5 Å². The van der Waals surface area contributed by atoms with Gasteiger partial charge in [0.25, 0.3) is 5.56 Å². The van der Waals surface area contributed by atoms with Crippen LogP contribution in [0.3, 0.4) is 0 Å². The van der Waals surface area contributed by atoms with Crippen molar-refractivity contribution in [2.24, 2.45) is 5.92 Å². The lowest BCUT2D eigenvalue weighted by molar-refractivity contribution is 0.0178. The molecule has 0 saturated carbocycles. The molecule has 0 spiro atoms. The van der Waals surface area contributed by atoms with Gasteiger partial charge >= 0.3 is 6.09 Å². The monoisotopic (exact) mass is 404 g/mol. The predicted octanol–water partition coefficient (Wildman–Crippen LogP) is 3.91. The molecule has 0 bridgehead atoms. The van der Waals surface area contributed by atoms with E-state index in [0.29, 0.717) is 35.0 Å². The molecule has 1 aliphatic rings. The van der Waals surface area contributed by atoms with Gasteiger partial charge in [-0.1, -0.05) is 11.6 Å². The van der Waals surface area contributed by atoms with Gasteiger partial charge in [-0.15, -0.1) is 0 Å². The molecule has 1 fully saturated rings. The van der Waals surface area contributed by atoms with Gasteiger partial charge in [0, 0.05) is 25.8 Å². The minimum absolute atomic E-state index is 0.0797. The van der Waals surface area contributed by atoms with Crippen LogP contribution >= 0.6 is 27.5 Å². The Bertz CT molecular complexity index is 631. The second kappa shape index (κ2) is 7.26. The topological polar surface area (TPSA) is 51.5 Å². The molecule has 128 valence electrons. The zero-order chi connectivity index (χ0) is 17.2. The molecular formula is C16H22BrClN2O3. The number of ether oxygens (including phenoxy) is 1. The third kappa shape index (κ3) is 5.24. The minimum Gasteiger partial charge on any atom is -0.444 e. The van der Waals surface area contributed by atoms with Crippen molar-refractivity contribution in [2.75, 3.05) is 13.1 Å². The summed E-state index contributed by atoms with van der Waals surface area (Å²) < 4.78 is 7.50. The molecule has 2 heterocycles. The zero-order valence-electron chi connectivity index (χ0n) is 13.6. The van der Waals surface area contributed by atoms with E-state index in [4.69, 9.17) is 16.3 Å². The SMILES string of the molecule is CC(C)(C)OC(=O)N1CCC(Cn2cc(Cl)cc(Br)c2=O)CC1. The van der Waals surface area contributed by atoms with Crippen LogP contribution in [0, 0.1) is 5.92 Å². The van der Waals surface area contributed by atoms with Gasteiger partial charge in [0.05, 0.1) is 9.50 Å². The van der Waals surface area contributed by atoms with Crippen LogP contribution in [0.25, 0.3) is 0 Å². The molecule has 23 heavy (non-hydrogen) atoms. The summed E-state index contributed by atoms with van der Waals surface area (Å²) in [5, 5.41) is 0.530. The van der Waals surface area contributed by atoms with Crippen molar-refractivity contribution in [3.63, 3.8) is 0 Å². The van der Waals surface area contributed by atoms with Gasteiger partial charge in [0.2, 0.25) is 0 Å². The number of hydrogen-bond donors (Lipinski definition) is 0. The van der Waals surface area contributed by atoms with E-state index in [9.17, 15) is 9.59 Å². The number of carbonyl (C=O) groups is 1. The van der Waals surface area contributed by atoms with E-state index in [1.807, 2.05) is 20.8 Å². The van der Waals surface area contributed by atoms with Crippen molar-refractivity contribution >= 4 is 33.6 Å². The fraction of sp³-hybridized carbons (Fsp3) is 0.625. The molecule has 5 nitrogen and oxygen atoms in total. The summed E-state index contributed by atoms with van der Waals surface area (Å²) in [7, 11) is 0. The van der Waals surface area contributed by atoms with Crippen LogP contribution in [-0.2, 0) is 11.3 Å². The molecule has 0 atom stereocenters. The number of rotatable bonds is 2. The van der Waals surface area contributed by atoms with Gasteiger partial charge in [-0.05, 0) is 61.5 Å². The van der Waals surface area contributed by atoms with E-state index < -0.39 is 5.60 Å². The number of hydrogen-bond acceptors (Lipinski definition) is 3. The van der Waals surface area contributed by atoms with E-state index in [0.717, 1.165) is 12.8 Å². The van der Waals surface area contributed by atoms with Gasteiger partial charge in [-0.2, -0.15) is 0 Å². The molecule has 1 aromatic rings. The number of halogens is 2. The summed E-state index contributed by atoms with van der Waals surface area (Å²) in [6.45, 7) is 7.50. The Kier molecular flexibility index (Phi) is 5.79. The van der Waals surface area contributed by atoms with Gasteiger partial charge in [-0.3, -0.25) is 4.79 Å². The lowest BCUT2D eigenvalue weighted by atomic mass is 9.97. The van der Waals surface area contributed by atoms with Crippen LogP contribution in [0.1, 0.15) is 33.6 Å². The molecule has 1 saturated heterocycles. The van der Waals surface area contributed by atoms with Crippen LogP contribution in [-0.4, -0.2) is 34.3 Å². The third-order valence-electron chi connectivity index (χ3n) is 3.73. The average Bonchev–Trinajstić information content (AvgIpc) is 2.43. The van der Waals surface area contributed by atoms with Crippen LogP contribution < -0.4 is 5.56 Å². The molecule has 0 radical (unpaired) electrons. The fourth-order valence-corrected chi connectivity index (χ4v) is 3.44. The van der Waals surface area contributed by atoms with Gasteiger partial charge in [-0.25, -0.2) is 4.79 Å². The Morgan fingerprint density at radius 3 is 2.57 bits per heavy atom. The summed E-state index contributed by atoms with van der Waals surface area (Å²) in [4.78, 5) is 25.9. The molecule has 7 heteroatoms. The number of nitrogens with zero attached hydrogens (tertiary/aromatic N) is 2. The van der Waals surface area contributed by atoms with E-state index in [-0.39, 0.29) is 11.7 Å². The molecule has 0 aromatic carbocycles. The van der Waals surface area contributed by atoms with Gasteiger partial charge in [0.1, 0.15) is 5.60 Å². The number of piperidine rings is 1. The number of likely N-dealkylation sites (tertiary alicyclic amines) is 1. The summed E-state index contributed by atoms with van der Waals surface area (Å²) in [5.74, 6) is 0.344. The first-order valence-electron chi connectivity index (χ1n) is 7.69. The summed E-state index contributed by atoms with van der Waals surface area (Å²) in [6.07, 6.45) is 3.08. The molecule has 0 N–H and O–H groups in total. The lowest BCUT2D eigenvalue weighted by Gasteiger charge is -2.33. The zero-order valence-corrected chi connectivity index (χ0v) is 16.0. The molecular weight excluding hydrogens is 384 g/mol. The number of amides is 1. The standard InChI is InChI=1S/C16H22BrClN2O3/c1-16(2,3)23-15(22)19-6-4-11(5-7-19)9-20-10-12(18)8-13(17)14(20)21/h8,10-11H,4-7,9H2,1-3H3. The summed E-state index contributed by atoms with van der Waals surface area (Å²) in [6, 6.07) is 1.60. The van der Waals surface area contributed by atoms with Crippen molar-refractivity contribution in [3.05, 3.63) is 32.1 Å². The van der Waals surface area contributed by atoms with Crippen LogP contribution in [0.2, 0.25) is 5.02 Å². The molecule has 2 rings (SSSR count). The third-order valence-corrected chi connectivity index (χ3v) is 4.50. The molecule has 0 aliphatic carbocycles. The maximum absolute atomic E-state index is 12.1. The quantitative estimate of drug-likeness (QED) is 0.749. The highest BCUT2D eigenvalue weighted by Crippen LogP contribution is 2.22. The Morgan fingerprint density at radius 2 is 2.00 bits per heavy atom. The van der Waals surface area contributed by atoms with E-state index in [2.05, 4.69) is 15.9 Å². The Morgan fingerprint density at radius 1 is 1.39 bits per heavy atom. The molecule has 1 aliphatic heterocycles. The molecule has 1 amide bonds. The number of pyridine rings is 1. The second-order valence-electron chi connectivity index (χ2n) is 6.87. The van der Waals surface area contributed by atoms with Crippen LogP contribution in [0.4, 0.5) is 4.79 Å². The van der Waals surface area contributed by atoms with Gasteiger partial charge in [0.15, 0.2) is 0 Å². The first-order valence-corrected chi connectivity index (χ1v) is 8.86. The highest BCUT2D eigenvalue weighted by molar-refractivity contribution is 9.10. The Hall–Kier alpha value is -1.01. The normalized spacial score (nSPS) is 16.5. The fourth-order valence-electron chi connectivity index (χ4n) is 2.60. The predicted molar refractivity (Wildman–Crippen MR) is 93.9 cm³/mol. The second-order valence-corrected chi connectivity index (χ2v) is 8.17. The minimum atomic E-state index is -0.478. The van der Waals surface area contributed by atoms with E-state index in [1.54, 1.807) is 21.7 Å². The Balaban J connectivity index is 1.93. The van der Waals surface area contributed by atoms with Crippen molar-refractivity contribution in [1.29, 1.82) is 0 Å². The first-order chi connectivity index (χ1) is 10.7.